The van der Waals surface area contributed by atoms with Crippen LogP contribution in [0, 0.1) is 5.92 Å². The number of carbonyl (C=O) groups excluding carboxylic acids is 1. The van der Waals surface area contributed by atoms with Gasteiger partial charge in [0.25, 0.3) is 0 Å². The van der Waals surface area contributed by atoms with Gasteiger partial charge in [0.2, 0.25) is 5.91 Å². The van der Waals surface area contributed by atoms with Crippen molar-refractivity contribution in [2.45, 2.75) is 58.8 Å². The summed E-state index contributed by atoms with van der Waals surface area (Å²) in [7, 11) is 0. The van der Waals surface area contributed by atoms with Gasteiger partial charge in [-0.15, -0.1) is 0 Å². The molecular weight excluding hydrogens is 240 g/mol. The molecule has 2 saturated heterocycles. The van der Waals surface area contributed by atoms with Crippen LogP contribution >= 0.6 is 0 Å². The van der Waals surface area contributed by atoms with Crippen LogP contribution in [0.25, 0.3) is 0 Å². The van der Waals surface area contributed by atoms with Gasteiger partial charge >= 0.3 is 0 Å². The zero-order valence-electron chi connectivity index (χ0n) is 12.8. The van der Waals surface area contributed by atoms with E-state index in [1.165, 1.54) is 0 Å². The van der Waals surface area contributed by atoms with Gasteiger partial charge in [-0.2, -0.15) is 0 Å². The molecule has 0 aromatic carbocycles. The highest BCUT2D eigenvalue weighted by Gasteiger charge is 2.36. The lowest BCUT2D eigenvalue weighted by atomic mass is 9.93. The molecule has 1 amide bonds. The van der Waals surface area contributed by atoms with Crippen molar-refractivity contribution in [2.75, 3.05) is 26.2 Å². The Bertz CT molecular complexity index is 303. The molecule has 0 spiro atoms. The molecule has 2 aliphatic heterocycles. The Labute approximate surface area is 117 Å². The molecule has 0 bridgehead atoms. The first-order chi connectivity index (χ1) is 8.97. The number of carbonyl (C=O) groups is 1. The maximum Gasteiger partial charge on any atom is 0.225 e. The molecule has 0 saturated carbocycles. The number of hydrogen-bond donors (Lipinski definition) is 0. The van der Waals surface area contributed by atoms with Crippen molar-refractivity contribution in [3.8, 4) is 0 Å². The van der Waals surface area contributed by atoms with E-state index in [4.69, 9.17) is 4.74 Å². The number of amides is 1. The third-order valence-corrected chi connectivity index (χ3v) is 4.23. The largest absolute Gasteiger partial charge is 0.372 e. The van der Waals surface area contributed by atoms with Crippen LogP contribution in [-0.2, 0) is 9.53 Å². The topological polar surface area (TPSA) is 32.8 Å². The van der Waals surface area contributed by atoms with E-state index in [1.807, 2.05) is 18.7 Å². The summed E-state index contributed by atoms with van der Waals surface area (Å²) >= 11 is 0. The van der Waals surface area contributed by atoms with Gasteiger partial charge in [0.05, 0.1) is 12.2 Å². The summed E-state index contributed by atoms with van der Waals surface area (Å²) in [5.74, 6) is 0.599. The number of ether oxygens (including phenoxy) is 1. The van der Waals surface area contributed by atoms with Crippen LogP contribution < -0.4 is 0 Å². The summed E-state index contributed by atoms with van der Waals surface area (Å²) < 4.78 is 5.70. The molecule has 2 fully saturated rings. The fraction of sp³-hybridized carbons (Fsp3) is 0.933. The van der Waals surface area contributed by atoms with E-state index < -0.39 is 0 Å². The third kappa shape index (κ3) is 3.69. The van der Waals surface area contributed by atoms with Gasteiger partial charge in [0, 0.05) is 25.0 Å². The molecule has 4 nitrogen and oxygen atoms in total. The molecule has 0 aromatic heterocycles. The molecule has 0 unspecified atom stereocenters. The summed E-state index contributed by atoms with van der Waals surface area (Å²) in [4.78, 5) is 16.8. The van der Waals surface area contributed by atoms with Crippen molar-refractivity contribution in [3.05, 3.63) is 0 Å². The Morgan fingerprint density at radius 2 is 1.68 bits per heavy atom. The van der Waals surface area contributed by atoms with Gasteiger partial charge in [-0.05, 0) is 53.6 Å². The average Bonchev–Trinajstić information content (AvgIpc) is 2.32. The van der Waals surface area contributed by atoms with E-state index in [0.29, 0.717) is 11.9 Å². The van der Waals surface area contributed by atoms with E-state index in [9.17, 15) is 4.79 Å². The molecule has 2 rings (SSSR count). The lowest BCUT2D eigenvalue weighted by Gasteiger charge is -2.43. The lowest BCUT2D eigenvalue weighted by Crippen LogP contribution is -2.57. The van der Waals surface area contributed by atoms with Gasteiger partial charge in [0.15, 0.2) is 0 Å². The first kappa shape index (κ1) is 14.8. The maximum atomic E-state index is 12.3. The molecule has 2 heterocycles. The van der Waals surface area contributed by atoms with Crippen LogP contribution in [-0.4, -0.2) is 60.1 Å². The molecular formula is C15H28N2O2. The normalized spacial score (nSPS) is 23.2. The van der Waals surface area contributed by atoms with Crippen LogP contribution in [0.15, 0.2) is 0 Å². The van der Waals surface area contributed by atoms with Crippen molar-refractivity contribution in [1.82, 2.24) is 9.80 Å². The maximum absolute atomic E-state index is 12.3. The predicted molar refractivity (Wildman–Crippen MR) is 76.0 cm³/mol. The van der Waals surface area contributed by atoms with Crippen LogP contribution in [0.4, 0.5) is 0 Å². The standard InChI is InChI=1S/C15H28N2O2/c1-11(2)16-7-5-13(6-8-16)15(18)17-9-14(10-17)19-12(3)4/h11-14H,5-10H2,1-4H3. The summed E-state index contributed by atoms with van der Waals surface area (Å²) in [6.07, 6.45) is 2.56. The molecule has 0 radical (unpaired) electrons. The van der Waals surface area contributed by atoms with Gasteiger partial charge in [-0.25, -0.2) is 0 Å². The minimum atomic E-state index is 0.245. The van der Waals surface area contributed by atoms with Crippen molar-refractivity contribution >= 4 is 5.91 Å². The predicted octanol–water partition coefficient (Wildman–Crippen LogP) is 1.74. The van der Waals surface area contributed by atoms with Gasteiger partial charge in [0.1, 0.15) is 0 Å². The minimum absolute atomic E-state index is 0.245. The van der Waals surface area contributed by atoms with Gasteiger partial charge in [-0.1, -0.05) is 0 Å². The van der Waals surface area contributed by atoms with E-state index in [2.05, 4.69) is 18.7 Å². The van der Waals surface area contributed by atoms with E-state index in [-0.39, 0.29) is 18.1 Å². The van der Waals surface area contributed by atoms with E-state index in [0.717, 1.165) is 39.0 Å². The molecule has 4 heteroatoms. The molecule has 110 valence electrons. The Hall–Kier alpha value is -0.610. The summed E-state index contributed by atoms with van der Waals surface area (Å²) in [6.45, 7) is 12.3. The Morgan fingerprint density at radius 1 is 1.11 bits per heavy atom. The number of likely N-dealkylation sites (tertiary alicyclic amines) is 2. The van der Waals surface area contributed by atoms with E-state index >= 15 is 0 Å². The van der Waals surface area contributed by atoms with Crippen molar-refractivity contribution in [1.29, 1.82) is 0 Å². The number of piperidine rings is 1. The van der Waals surface area contributed by atoms with Crippen molar-refractivity contribution in [2.24, 2.45) is 5.92 Å². The van der Waals surface area contributed by atoms with Crippen LogP contribution in [0.2, 0.25) is 0 Å². The average molecular weight is 268 g/mol. The van der Waals surface area contributed by atoms with Crippen molar-refractivity contribution < 1.29 is 9.53 Å². The summed E-state index contributed by atoms with van der Waals surface area (Å²) in [5.41, 5.74) is 0. The number of rotatable bonds is 4. The van der Waals surface area contributed by atoms with E-state index in [1.54, 1.807) is 0 Å². The first-order valence-electron chi connectivity index (χ1n) is 7.65. The monoisotopic (exact) mass is 268 g/mol. The molecule has 0 atom stereocenters. The summed E-state index contributed by atoms with van der Waals surface area (Å²) in [6, 6.07) is 0.601. The van der Waals surface area contributed by atoms with Gasteiger partial charge < -0.3 is 14.5 Å². The quantitative estimate of drug-likeness (QED) is 0.778. The first-order valence-corrected chi connectivity index (χ1v) is 7.65. The van der Waals surface area contributed by atoms with Crippen LogP contribution in [0.5, 0.6) is 0 Å². The SMILES string of the molecule is CC(C)OC1CN(C(=O)C2CCN(C(C)C)CC2)C1. The third-order valence-electron chi connectivity index (χ3n) is 4.23. The Balaban J connectivity index is 1.71. The fourth-order valence-corrected chi connectivity index (χ4v) is 3.01. The fourth-order valence-electron chi connectivity index (χ4n) is 3.01. The summed E-state index contributed by atoms with van der Waals surface area (Å²) in [5, 5.41) is 0. The second-order valence-corrected chi connectivity index (χ2v) is 6.45. The molecule has 0 aliphatic carbocycles. The Kier molecular flexibility index (Phi) is 4.85. The second-order valence-electron chi connectivity index (χ2n) is 6.45. The zero-order valence-corrected chi connectivity index (χ0v) is 12.8. The highest BCUT2D eigenvalue weighted by atomic mass is 16.5. The smallest absolute Gasteiger partial charge is 0.225 e. The van der Waals surface area contributed by atoms with Gasteiger partial charge in [-0.3, -0.25) is 4.79 Å². The second kappa shape index (κ2) is 6.23. The number of hydrogen-bond acceptors (Lipinski definition) is 3. The van der Waals surface area contributed by atoms with Crippen LogP contribution in [0.3, 0.4) is 0 Å². The highest BCUT2D eigenvalue weighted by molar-refractivity contribution is 5.79. The number of nitrogens with zero attached hydrogens (tertiary/aromatic N) is 2. The molecule has 0 N–H and O–H groups in total. The molecule has 19 heavy (non-hydrogen) atoms. The van der Waals surface area contributed by atoms with Crippen molar-refractivity contribution in [3.63, 3.8) is 0 Å². The minimum Gasteiger partial charge on any atom is -0.372 e. The zero-order chi connectivity index (χ0) is 14.0. The molecule has 0 aromatic rings. The molecule has 2 aliphatic rings. The lowest BCUT2D eigenvalue weighted by molar-refractivity contribution is -0.154. The van der Waals surface area contributed by atoms with Crippen LogP contribution in [0.1, 0.15) is 40.5 Å². The highest BCUT2D eigenvalue weighted by Crippen LogP contribution is 2.24. The Morgan fingerprint density at radius 3 is 2.16 bits per heavy atom.